The zero-order valence-electron chi connectivity index (χ0n) is 20.0. The van der Waals surface area contributed by atoms with Crippen molar-refractivity contribution in [3.05, 3.63) is 59.2 Å². The van der Waals surface area contributed by atoms with E-state index >= 15 is 0 Å². The molecular weight excluding hydrogens is 450 g/mol. The lowest BCUT2D eigenvalue weighted by Crippen LogP contribution is -2.50. The van der Waals surface area contributed by atoms with E-state index in [2.05, 4.69) is 32.0 Å². The molecule has 2 aromatic rings. The Morgan fingerprint density at radius 3 is 2.41 bits per heavy atom. The van der Waals surface area contributed by atoms with Crippen molar-refractivity contribution in [2.75, 3.05) is 7.11 Å². The van der Waals surface area contributed by atoms with E-state index in [0.29, 0.717) is 17.4 Å². The summed E-state index contributed by atoms with van der Waals surface area (Å²) in [5.41, 5.74) is 3.33. The monoisotopic (exact) mass is 483 g/mol. The molecule has 0 aliphatic heterocycles. The third-order valence-electron chi connectivity index (χ3n) is 9.14. The number of aryl methyl sites for hydroxylation is 1. The molecule has 2 fully saturated rings. The van der Waals surface area contributed by atoms with E-state index in [4.69, 9.17) is 14.6 Å². The Bertz CT molecular complexity index is 1220. The third kappa shape index (κ3) is 3.64. The highest BCUT2D eigenvalue weighted by Crippen LogP contribution is 2.67. The summed E-state index contributed by atoms with van der Waals surface area (Å²) < 4.78 is 34.5. The fourth-order valence-corrected chi connectivity index (χ4v) is 7.86. The van der Waals surface area contributed by atoms with Crippen molar-refractivity contribution in [3.63, 3.8) is 0 Å². The van der Waals surface area contributed by atoms with Gasteiger partial charge in [-0.2, -0.15) is 0 Å². The van der Waals surface area contributed by atoms with Gasteiger partial charge in [-0.15, -0.1) is 0 Å². The maximum atomic E-state index is 13.0. The summed E-state index contributed by atoms with van der Waals surface area (Å²) in [6.07, 6.45) is 6.06. The summed E-state index contributed by atoms with van der Waals surface area (Å²) in [7, 11) is -2.08. The van der Waals surface area contributed by atoms with E-state index in [9.17, 15) is 13.2 Å². The number of rotatable bonds is 4. The number of ether oxygens (including phenoxy) is 2. The Morgan fingerprint density at radius 2 is 1.74 bits per heavy atom. The van der Waals surface area contributed by atoms with E-state index in [0.717, 1.165) is 44.3 Å². The molecule has 6 nitrogen and oxygen atoms in total. The van der Waals surface area contributed by atoms with Crippen LogP contribution >= 0.6 is 0 Å². The van der Waals surface area contributed by atoms with Gasteiger partial charge in [0.15, 0.2) is 0 Å². The van der Waals surface area contributed by atoms with Crippen LogP contribution in [0.2, 0.25) is 0 Å². The van der Waals surface area contributed by atoms with Gasteiger partial charge < -0.3 is 9.47 Å². The number of fused-ring (bicyclic) bond motifs is 5. The molecule has 3 aliphatic rings. The van der Waals surface area contributed by atoms with Crippen LogP contribution in [0, 0.1) is 16.7 Å². The van der Waals surface area contributed by atoms with Crippen LogP contribution in [-0.4, -0.2) is 27.6 Å². The summed E-state index contributed by atoms with van der Waals surface area (Å²) in [5, 5.41) is 5.17. The minimum Gasteiger partial charge on any atom is -0.497 e. The summed E-state index contributed by atoms with van der Waals surface area (Å²) in [6.45, 7) is 4.75. The van der Waals surface area contributed by atoms with Crippen LogP contribution in [-0.2, 0) is 21.2 Å². The molecule has 34 heavy (non-hydrogen) atoms. The normalized spacial score (nSPS) is 32.3. The number of nitrogens with two attached hydrogens (primary N) is 1. The van der Waals surface area contributed by atoms with Gasteiger partial charge in [-0.05, 0) is 103 Å². The maximum absolute atomic E-state index is 13.0. The molecule has 2 N–H and O–H groups in total. The van der Waals surface area contributed by atoms with E-state index in [1.165, 1.54) is 35.4 Å². The Labute approximate surface area is 201 Å². The fourth-order valence-electron chi connectivity index (χ4n) is 7.35. The first-order valence-corrected chi connectivity index (χ1v) is 13.6. The second kappa shape index (κ2) is 8.09. The number of esters is 1. The highest BCUT2D eigenvalue weighted by Gasteiger charge is 2.61. The quantitative estimate of drug-likeness (QED) is 0.630. The number of hydrogen-bond acceptors (Lipinski definition) is 5. The molecule has 0 spiro atoms. The lowest BCUT2D eigenvalue weighted by Gasteiger charge is -2.57. The largest absolute Gasteiger partial charge is 0.497 e. The summed E-state index contributed by atoms with van der Waals surface area (Å²) in [5.74, 6) is 1.52. The topological polar surface area (TPSA) is 95.7 Å². The van der Waals surface area contributed by atoms with Gasteiger partial charge in [0, 0.05) is 5.41 Å². The van der Waals surface area contributed by atoms with E-state index in [1.54, 1.807) is 7.11 Å². The van der Waals surface area contributed by atoms with Crippen molar-refractivity contribution in [1.29, 1.82) is 0 Å². The SMILES string of the molecule is COc1ccc2c(c1)CC[C@@]1(C)[C@@H]3CC[C@H](OC(=O)c4ccc(S(N)(=O)=O)cc4)[C@@]3(C)CC[C@H]21. The predicted molar refractivity (Wildman–Crippen MR) is 129 cm³/mol. The molecular formula is C27H33NO5S. The van der Waals surface area contributed by atoms with Crippen molar-refractivity contribution in [2.24, 2.45) is 21.9 Å². The number of carbonyl (C=O) groups is 1. The predicted octanol–water partition coefficient (Wildman–Crippen LogP) is 4.81. The van der Waals surface area contributed by atoms with Crippen molar-refractivity contribution in [1.82, 2.24) is 0 Å². The molecule has 5 rings (SSSR count). The third-order valence-corrected chi connectivity index (χ3v) is 10.1. The van der Waals surface area contributed by atoms with E-state index < -0.39 is 16.0 Å². The summed E-state index contributed by atoms with van der Waals surface area (Å²) >= 11 is 0. The van der Waals surface area contributed by atoms with Crippen LogP contribution < -0.4 is 9.88 Å². The van der Waals surface area contributed by atoms with E-state index in [-0.39, 0.29) is 21.8 Å². The van der Waals surface area contributed by atoms with Gasteiger partial charge in [-0.1, -0.05) is 19.9 Å². The number of benzene rings is 2. The Morgan fingerprint density at radius 1 is 1.00 bits per heavy atom. The first-order valence-electron chi connectivity index (χ1n) is 12.1. The molecule has 2 aromatic carbocycles. The van der Waals surface area contributed by atoms with Crippen LogP contribution in [0.1, 0.15) is 73.4 Å². The Hall–Kier alpha value is -2.38. The molecule has 5 atom stereocenters. The molecule has 0 saturated heterocycles. The van der Waals surface area contributed by atoms with Gasteiger partial charge in [0.2, 0.25) is 10.0 Å². The first kappa shape index (κ1) is 23.4. The summed E-state index contributed by atoms with van der Waals surface area (Å²) in [6, 6.07) is 12.2. The molecule has 0 amide bonds. The van der Waals surface area contributed by atoms with Gasteiger partial charge in [0.25, 0.3) is 0 Å². The molecule has 0 heterocycles. The molecule has 0 bridgehead atoms. The van der Waals surface area contributed by atoms with Crippen LogP contribution in [0.15, 0.2) is 47.4 Å². The van der Waals surface area contributed by atoms with Crippen molar-refractivity contribution >= 4 is 16.0 Å². The van der Waals surface area contributed by atoms with Crippen LogP contribution in [0.3, 0.4) is 0 Å². The second-order valence-electron chi connectivity index (χ2n) is 10.8. The Kier molecular flexibility index (Phi) is 5.56. The lowest BCUT2D eigenvalue weighted by atomic mass is 9.48. The lowest BCUT2D eigenvalue weighted by molar-refractivity contribution is -0.0751. The van der Waals surface area contributed by atoms with Gasteiger partial charge in [-0.3, -0.25) is 0 Å². The van der Waals surface area contributed by atoms with Crippen LogP contribution in [0.4, 0.5) is 0 Å². The van der Waals surface area contributed by atoms with Gasteiger partial charge >= 0.3 is 5.97 Å². The highest BCUT2D eigenvalue weighted by atomic mass is 32.2. The summed E-state index contributed by atoms with van der Waals surface area (Å²) in [4.78, 5) is 12.9. The Balaban J connectivity index is 1.36. The smallest absolute Gasteiger partial charge is 0.338 e. The zero-order chi connectivity index (χ0) is 24.3. The standard InChI is InChI=1S/C27H33NO5S/c1-26-14-12-18-16-19(32-3)6-9-21(18)22(26)13-15-27(2)23(26)10-11-24(27)33-25(29)17-4-7-20(8-5-17)34(28,30)31/h4-9,16,22-24H,10-15H2,1-3H3,(H2,28,30,31)/t22-,23+,24+,26-,27+/m1/s1. The molecule has 0 radical (unpaired) electrons. The molecule has 2 saturated carbocycles. The maximum Gasteiger partial charge on any atom is 0.338 e. The van der Waals surface area contributed by atoms with Gasteiger partial charge in [0.05, 0.1) is 17.6 Å². The van der Waals surface area contributed by atoms with Crippen LogP contribution in [0.25, 0.3) is 0 Å². The second-order valence-corrected chi connectivity index (χ2v) is 12.3. The molecule has 182 valence electrons. The average molecular weight is 484 g/mol. The minimum absolute atomic E-state index is 0.0154. The molecule has 0 aromatic heterocycles. The zero-order valence-corrected chi connectivity index (χ0v) is 20.9. The first-order chi connectivity index (χ1) is 16.1. The van der Waals surface area contributed by atoms with Crippen LogP contribution in [0.5, 0.6) is 5.75 Å². The molecule has 3 aliphatic carbocycles. The number of sulfonamides is 1. The molecule has 0 unspecified atom stereocenters. The average Bonchev–Trinajstić information content (AvgIpc) is 3.15. The number of methoxy groups -OCH3 is 1. The van der Waals surface area contributed by atoms with E-state index in [1.807, 2.05) is 0 Å². The number of carbonyl (C=O) groups excluding carboxylic acids is 1. The van der Waals surface area contributed by atoms with Gasteiger partial charge in [0.1, 0.15) is 11.9 Å². The highest BCUT2D eigenvalue weighted by molar-refractivity contribution is 7.89. The van der Waals surface area contributed by atoms with Crippen molar-refractivity contribution < 1.29 is 22.7 Å². The molecule has 7 heteroatoms. The van der Waals surface area contributed by atoms with Crippen molar-refractivity contribution in [2.45, 2.75) is 69.3 Å². The number of primary sulfonamides is 1. The van der Waals surface area contributed by atoms with Gasteiger partial charge in [-0.25, -0.2) is 18.4 Å². The van der Waals surface area contributed by atoms with Crippen molar-refractivity contribution in [3.8, 4) is 5.75 Å². The fraction of sp³-hybridized carbons (Fsp3) is 0.519. The minimum atomic E-state index is -3.80. The number of hydrogen-bond donors (Lipinski definition) is 1.